The lowest BCUT2D eigenvalue weighted by Crippen LogP contribution is -2.31. The molecule has 5 nitrogen and oxygen atoms in total. The fourth-order valence-electron chi connectivity index (χ4n) is 2.74. The van der Waals surface area contributed by atoms with Gasteiger partial charge < -0.3 is 14.8 Å². The molecular weight excluding hydrogens is 342 g/mol. The Hall–Kier alpha value is -2.82. The lowest BCUT2D eigenvalue weighted by atomic mass is 10.0. The zero-order valence-corrected chi connectivity index (χ0v) is 16.1. The fraction of sp³-hybridized carbons (Fsp3) is 0.364. The van der Waals surface area contributed by atoms with Crippen LogP contribution in [-0.2, 0) is 20.7 Å². The van der Waals surface area contributed by atoms with Crippen molar-refractivity contribution < 1.29 is 19.1 Å². The molecule has 144 valence electrons. The van der Waals surface area contributed by atoms with Crippen molar-refractivity contribution in [2.45, 2.75) is 45.3 Å². The normalized spacial score (nSPS) is 11.7. The Morgan fingerprint density at radius 1 is 1.00 bits per heavy atom. The molecule has 0 aliphatic rings. The van der Waals surface area contributed by atoms with Gasteiger partial charge in [0.05, 0.1) is 25.7 Å². The van der Waals surface area contributed by atoms with Gasteiger partial charge >= 0.3 is 5.97 Å². The molecule has 5 heteroatoms. The van der Waals surface area contributed by atoms with Gasteiger partial charge in [-0.3, -0.25) is 9.59 Å². The quantitative estimate of drug-likeness (QED) is 0.683. The van der Waals surface area contributed by atoms with Crippen LogP contribution in [0.4, 0.5) is 0 Å². The standard InChI is InChI=1S/C22H27NO4/c1-16(2)27-22(25)15-20(18-10-12-19(26-3)13-11-18)23-21(24)14-9-17-7-5-4-6-8-17/h4-8,10-13,16,20H,9,14-15H2,1-3H3,(H,23,24)/t20-/m1/s1. The number of hydrogen-bond donors (Lipinski definition) is 1. The van der Waals surface area contributed by atoms with Crippen molar-refractivity contribution in [1.82, 2.24) is 5.32 Å². The first-order valence-electron chi connectivity index (χ1n) is 9.14. The van der Waals surface area contributed by atoms with Crippen LogP contribution in [0.25, 0.3) is 0 Å². The largest absolute Gasteiger partial charge is 0.497 e. The van der Waals surface area contributed by atoms with Crippen LogP contribution >= 0.6 is 0 Å². The molecule has 0 unspecified atom stereocenters. The summed E-state index contributed by atoms with van der Waals surface area (Å²) in [4.78, 5) is 24.6. The lowest BCUT2D eigenvalue weighted by Gasteiger charge is -2.20. The summed E-state index contributed by atoms with van der Waals surface area (Å²) in [5, 5.41) is 2.96. The molecule has 0 spiro atoms. The third-order valence-electron chi connectivity index (χ3n) is 4.07. The van der Waals surface area contributed by atoms with Crippen LogP contribution in [0.3, 0.4) is 0 Å². The Bertz CT molecular complexity index is 726. The first kappa shape index (κ1) is 20.5. The van der Waals surface area contributed by atoms with Crippen LogP contribution in [0, 0.1) is 0 Å². The van der Waals surface area contributed by atoms with Gasteiger partial charge in [-0.05, 0) is 43.5 Å². The number of benzene rings is 2. The molecule has 0 heterocycles. The van der Waals surface area contributed by atoms with E-state index < -0.39 is 6.04 Å². The van der Waals surface area contributed by atoms with Gasteiger partial charge in [-0.15, -0.1) is 0 Å². The Balaban J connectivity index is 2.03. The van der Waals surface area contributed by atoms with E-state index in [2.05, 4.69) is 5.32 Å². The predicted octanol–water partition coefficient (Wildman–Crippen LogP) is 3.83. The minimum absolute atomic E-state index is 0.0849. The summed E-state index contributed by atoms with van der Waals surface area (Å²) in [6, 6.07) is 16.7. The maximum absolute atomic E-state index is 12.4. The third kappa shape index (κ3) is 7.13. The van der Waals surface area contributed by atoms with E-state index >= 15 is 0 Å². The molecule has 27 heavy (non-hydrogen) atoms. The average Bonchev–Trinajstić information content (AvgIpc) is 2.66. The van der Waals surface area contributed by atoms with Crippen molar-refractivity contribution in [3.8, 4) is 5.75 Å². The molecule has 1 N–H and O–H groups in total. The van der Waals surface area contributed by atoms with Crippen molar-refractivity contribution in [3.05, 3.63) is 65.7 Å². The van der Waals surface area contributed by atoms with Crippen molar-refractivity contribution in [2.24, 2.45) is 0 Å². The third-order valence-corrected chi connectivity index (χ3v) is 4.07. The molecule has 0 fully saturated rings. The maximum Gasteiger partial charge on any atom is 0.308 e. The first-order valence-corrected chi connectivity index (χ1v) is 9.14. The van der Waals surface area contributed by atoms with E-state index in [-0.39, 0.29) is 24.4 Å². The van der Waals surface area contributed by atoms with Crippen LogP contribution in [-0.4, -0.2) is 25.1 Å². The molecule has 0 aliphatic carbocycles. The van der Waals surface area contributed by atoms with Crippen LogP contribution < -0.4 is 10.1 Å². The molecule has 2 aromatic carbocycles. The Labute approximate surface area is 160 Å². The topological polar surface area (TPSA) is 64.6 Å². The molecule has 0 aromatic heterocycles. The lowest BCUT2D eigenvalue weighted by molar-refractivity contribution is -0.148. The maximum atomic E-state index is 12.4. The number of hydrogen-bond acceptors (Lipinski definition) is 4. The monoisotopic (exact) mass is 369 g/mol. The van der Waals surface area contributed by atoms with Crippen LogP contribution in [0.1, 0.15) is 43.9 Å². The summed E-state index contributed by atoms with van der Waals surface area (Å²) < 4.78 is 10.4. The highest BCUT2D eigenvalue weighted by Gasteiger charge is 2.20. The summed E-state index contributed by atoms with van der Waals surface area (Å²) in [6.45, 7) is 3.61. The summed E-state index contributed by atoms with van der Waals surface area (Å²) >= 11 is 0. The molecule has 0 aliphatic heterocycles. The highest BCUT2D eigenvalue weighted by molar-refractivity contribution is 5.78. The summed E-state index contributed by atoms with van der Waals surface area (Å²) in [7, 11) is 1.60. The van der Waals surface area contributed by atoms with Crippen LogP contribution in [0.15, 0.2) is 54.6 Å². The fourth-order valence-corrected chi connectivity index (χ4v) is 2.74. The van der Waals surface area contributed by atoms with Crippen molar-refractivity contribution >= 4 is 11.9 Å². The number of carbonyl (C=O) groups is 2. The summed E-state index contributed by atoms with van der Waals surface area (Å²) in [5.74, 6) is 0.281. The van der Waals surface area contributed by atoms with E-state index in [1.165, 1.54) is 0 Å². The van der Waals surface area contributed by atoms with E-state index in [0.717, 1.165) is 16.9 Å². The Morgan fingerprint density at radius 3 is 2.26 bits per heavy atom. The SMILES string of the molecule is COc1ccc([C@@H](CC(=O)OC(C)C)NC(=O)CCc2ccccc2)cc1. The number of carbonyl (C=O) groups excluding carboxylic acids is 2. The van der Waals surface area contributed by atoms with E-state index in [4.69, 9.17) is 9.47 Å². The van der Waals surface area contributed by atoms with Crippen molar-refractivity contribution in [1.29, 1.82) is 0 Å². The molecule has 2 rings (SSSR count). The molecule has 0 saturated heterocycles. The number of ether oxygens (including phenoxy) is 2. The van der Waals surface area contributed by atoms with Gasteiger partial charge in [-0.2, -0.15) is 0 Å². The summed E-state index contributed by atoms with van der Waals surface area (Å²) in [5.41, 5.74) is 1.94. The van der Waals surface area contributed by atoms with E-state index in [1.807, 2.05) is 54.6 Å². The van der Waals surface area contributed by atoms with Gasteiger partial charge in [0.15, 0.2) is 0 Å². The average molecular weight is 369 g/mol. The first-order chi connectivity index (χ1) is 13.0. The highest BCUT2D eigenvalue weighted by atomic mass is 16.5. The van der Waals surface area contributed by atoms with E-state index in [0.29, 0.717) is 12.8 Å². The second-order valence-corrected chi connectivity index (χ2v) is 6.62. The van der Waals surface area contributed by atoms with Crippen molar-refractivity contribution in [2.75, 3.05) is 7.11 Å². The molecule has 0 radical (unpaired) electrons. The molecule has 1 amide bonds. The number of nitrogens with one attached hydrogen (secondary N) is 1. The number of esters is 1. The van der Waals surface area contributed by atoms with E-state index in [9.17, 15) is 9.59 Å². The van der Waals surface area contributed by atoms with Gasteiger partial charge in [-0.25, -0.2) is 0 Å². The number of amides is 1. The van der Waals surface area contributed by atoms with Crippen LogP contribution in [0.5, 0.6) is 5.75 Å². The number of aryl methyl sites for hydroxylation is 1. The van der Waals surface area contributed by atoms with Gasteiger partial charge in [0.1, 0.15) is 5.75 Å². The molecule has 0 bridgehead atoms. The zero-order valence-electron chi connectivity index (χ0n) is 16.1. The number of methoxy groups -OCH3 is 1. The molecule has 2 aromatic rings. The van der Waals surface area contributed by atoms with Crippen LogP contribution in [0.2, 0.25) is 0 Å². The smallest absolute Gasteiger partial charge is 0.308 e. The predicted molar refractivity (Wildman–Crippen MR) is 104 cm³/mol. The molecule has 1 atom stereocenters. The molecular formula is C22H27NO4. The molecule has 0 saturated carbocycles. The van der Waals surface area contributed by atoms with Gasteiger partial charge in [0.25, 0.3) is 0 Å². The van der Waals surface area contributed by atoms with Gasteiger partial charge in [0.2, 0.25) is 5.91 Å². The summed E-state index contributed by atoms with van der Waals surface area (Å²) in [6.07, 6.45) is 0.901. The second kappa shape index (κ2) is 10.4. The van der Waals surface area contributed by atoms with E-state index in [1.54, 1.807) is 21.0 Å². The van der Waals surface area contributed by atoms with Gasteiger partial charge in [0, 0.05) is 6.42 Å². The minimum Gasteiger partial charge on any atom is -0.497 e. The highest BCUT2D eigenvalue weighted by Crippen LogP contribution is 2.21. The Kier molecular flexibility index (Phi) is 7.86. The Morgan fingerprint density at radius 2 is 1.67 bits per heavy atom. The van der Waals surface area contributed by atoms with Crippen molar-refractivity contribution in [3.63, 3.8) is 0 Å². The minimum atomic E-state index is -0.439. The zero-order chi connectivity index (χ0) is 19.6. The second-order valence-electron chi connectivity index (χ2n) is 6.62. The number of rotatable bonds is 9. The van der Waals surface area contributed by atoms with Gasteiger partial charge in [-0.1, -0.05) is 42.5 Å².